The average molecular weight is 188 g/mol. The minimum absolute atomic E-state index is 0.00482. The van der Waals surface area contributed by atoms with Crippen molar-refractivity contribution in [3.8, 4) is 0 Å². The van der Waals surface area contributed by atoms with Crippen LogP contribution in [-0.2, 0) is 9.59 Å². The maximum Gasteiger partial charge on any atom is 0.239 e. The van der Waals surface area contributed by atoms with E-state index in [9.17, 15) is 9.59 Å². The molecule has 0 fully saturated rings. The summed E-state index contributed by atoms with van der Waals surface area (Å²) >= 11 is 0. The summed E-state index contributed by atoms with van der Waals surface area (Å²) in [6.07, 6.45) is 0.180. The smallest absolute Gasteiger partial charge is 0.239 e. The molecule has 76 valence electrons. The monoisotopic (exact) mass is 188 g/mol. The third kappa shape index (κ3) is 7.27. The number of hydrogen-bond acceptors (Lipinski definition) is 3. The first-order chi connectivity index (χ1) is 6.06. The lowest BCUT2D eigenvalue weighted by Gasteiger charge is -2.05. The highest BCUT2D eigenvalue weighted by Gasteiger charge is 2.05. The number of carbonyl (C=O) groups is 2. The zero-order valence-corrected chi connectivity index (χ0v) is 7.96. The summed E-state index contributed by atoms with van der Waals surface area (Å²) < 4.78 is 0. The number of likely N-dealkylation sites (N-methyl/N-ethyl adjacent to an activating group) is 1. The van der Waals surface area contributed by atoms with Crippen LogP contribution in [-0.4, -0.2) is 36.6 Å². The fourth-order valence-electron chi connectivity index (χ4n) is 0.696. The summed E-state index contributed by atoms with van der Waals surface area (Å²) in [6.45, 7) is 1.61. The van der Waals surface area contributed by atoms with Gasteiger partial charge in [0.25, 0.3) is 0 Å². The third-order valence-electron chi connectivity index (χ3n) is 1.51. The molecule has 0 aliphatic carbocycles. The molecule has 2 amide bonds. The Morgan fingerprint density at radius 1 is 1.38 bits per heavy atom. The molecule has 3 N–H and O–H groups in total. The molecule has 5 heteroatoms. The lowest BCUT2D eigenvalue weighted by atomic mass is 10.2. The van der Waals surface area contributed by atoms with Crippen molar-refractivity contribution in [1.82, 2.24) is 10.6 Å². The fraction of sp³-hybridized carbons (Fsp3) is 0.750. The predicted octanol–water partition coefficient (Wildman–Crippen LogP) is -0.990. The van der Waals surface area contributed by atoms with Crippen LogP contribution in [0.25, 0.3) is 0 Å². The van der Waals surface area contributed by atoms with Gasteiger partial charge >= 0.3 is 0 Å². The van der Waals surface area contributed by atoms with E-state index in [0.29, 0.717) is 6.42 Å². The molecule has 0 saturated heterocycles. The zero-order valence-electron chi connectivity index (χ0n) is 7.96. The van der Waals surface area contributed by atoms with Gasteiger partial charge in [0.1, 0.15) is 0 Å². The summed E-state index contributed by atoms with van der Waals surface area (Å²) in [7, 11) is 1.50. The van der Waals surface area contributed by atoms with E-state index >= 15 is 0 Å². The van der Waals surface area contributed by atoms with Crippen molar-refractivity contribution in [2.24, 2.45) is 0 Å². The molecule has 0 radical (unpaired) electrons. The van der Waals surface area contributed by atoms with Crippen LogP contribution in [0.1, 0.15) is 19.8 Å². The van der Waals surface area contributed by atoms with E-state index in [4.69, 9.17) is 5.11 Å². The molecule has 0 aromatic carbocycles. The van der Waals surface area contributed by atoms with Crippen molar-refractivity contribution in [2.45, 2.75) is 25.9 Å². The van der Waals surface area contributed by atoms with Gasteiger partial charge in [0.2, 0.25) is 11.8 Å². The van der Waals surface area contributed by atoms with Crippen LogP contribution in [0.15, 0.2) is 0 Å². The Bertz CT molecular complexity index is 180. The van der Waals surface area contributed by atoms with Crippen LogP contribution in [0.2, 0.25) is 0 Å². The average Bonchev–Trinajstić information content (AvgIpc) is 2.10. The predicted molar refractivity (Wildman–Crippen MR) is 48.0 cm³/mol. The number of aliphatic hydroxyl groups is 1. The van der Waals surface area contributed by atoms with Crippen LogP contribution >= 0.6 is 0 Å². The molecular weight excluding hydrogens is 172 g/mol. The Morgan fingerprint density at radius 3 is 2.46 bits per heavy atom. The van der Waals surface area contributed by atoms with Crippen LogP contribution in [0.3, 0.4) is 0 Å². The van der Waals surface area contributed by atoms with Gasteiger partial charge < -0.3 is 15.7 Å². The Labute approximate surface area is 77.5 Å². The quantitative estimate of drug-likeness (QED) is 0.518. The molecule has 1 unspecified atom stereocenters. The fourth-order valence-corrected chi connectivity index (χ4v) is 0.696. The summed E-state index contributed by atoms with van der Waals surface area (Å²) in [4.78, 5) is 21.6. The molecule has 5 nitrogen and oxygen atoms in total. The van der Waals surface area contributed by atoms with Gasteiger partial charge in [-0.1, -0.05) is 0 Å². The number of carbonyl (C=O) groups excluding carboxylic acids is 2. The molecule has 0 rings (SSSR count). The van der Waals surface area contributed by atoms with E-state index in [-0.39, 0.29) is 24.8 Å². The van der Waals surface area contributed by atoms with Crippen LogP contribution in [0.4, 0.5) is 0 Å². The van der Waals surface area contributed by atoms with Gasteiger partial charge in [-0.3, -0.25) is 9.59 Å². The number of rotatable bonds is 5. The highest BCUT2D eigenvalue weighted by Crippen LogP contribution is 1.94. The van der Waals surface area contributed by atoms with E-state index in [1.54, 1.807) is 6.92 Å². The van der Waals surface area contributed by atoms with Crippen molar-refractivity contribution >= 4 is 11.8 Å². The Kier molecular flexibility index (Phi) is 5.88. The lowest BCUT2D eigenvalue weighted by Crippen LogP contribution is -2.35. The van der Waals surface area contributed by atoms with Crippen molar-refractivity contribution < 1.29 is 14.7 Å². The Hall–Kier alpha value is -1.10. The second-order valence-electron chi connectivity index (χ2n) is 2.84. The van der Waals surface area contributed by atoms with E-state index in [2.05, 4.69) is 10.6 Å². The molecule has 1 atom stereocenters. The first-order valence-corrected chi connectivity index (χ1v) is 4.21. The van der Waals surface area contributed by atoms with Gasteiger partial charge in [0.15, 0.2) is 0 Å². The normalized spacial score (nSPS) is 11.9. The molecule has 0 bridgehead atoms. The summed E-state index contributed by atoms with van der Waals surface area (Å²) in [5.41, 5.74) is 0. The molecule has 0 aliphatic heterocycles. The molecule has 0 saturated carbocycles. The van der Waals surface area contributed by atoms with Crippen LogP contribution in [0.5, 0.6) is 0 Å². The number of nitrogens with one attached hydrogen (secondary N) is 2. The molecule has 0 aliphatic rings. The molecule has 0 heterocycles. The lowest BCUT2D eigenvalue weighted by molar-refractivity contribution is -0.126. The second-order valence-corrected chi connectivity index (χ2v) is 2.84. The van der Waals surface area contributed by atoms with E-state index in [1.807, 2.05) is 0 Å². The van der Waals surface area contributed by atoms with Crippen LogP contribution in [0, 0.1) is 0 Å². The van der Waals surface area contributed by atoms with Gasteiger partial charge in [0, 0.05) is 13.5 Å². The van der Waals surface area contributed by atoms with Crippen molar-refractivity contribution in [3.05, 3.63) is 0 Å². The van der Waals surface area contributed by atoms with E-state index in [0.717, 1.165) is 0 Å². The van der Waals surface area contributed by atoms with Crippen molar-refractivity contribution in [2.75, 3.05) is 13.6 Å². The first kappa shape index (κ1) is 11.9. The Morgan fingerprint density at radius 2 is 2.00 bits per heavy atom. The third-order valence-corrected chi connectivity index (χ3v) is 1.51. The van der Waals surface area contributed by atoms with Crippen molar-refractivity contribution in [3.63, 3.8) is 0 Å². The molecular formula is C8H16N2O3. The largest absolute Gasteiger partial charge is 0.393 e. The van der Waals surface area contributed by atoms with Gasteiger partial charge in [-0.2, -0.15) is 0 Å². The van der Waals surface area contributed by atoms with Gasteiger partial charge in [-0.15, -0.1) is 0 Å². The Balaban J connectivity index is 3.46. The van der Waals surface area contributed by atoms with Crippen LogP contribution < -0.4 is 10.6 Å². The summed E-state index contributed by atoms with van der Waals surface area (Å²) in [5.74, 6) is -0.449. The van der Waals surface area contributed by atoms with Gasteiger partial charge in [0.05, 0.1) is 12.6 Å². The van der Waals surface area contributed by atoms with Gasteiger partial charge in [-0.25, -0.2) is 0 Å². The molecule has 13 heavy (non-hydrogen) atoms. The highest BCUT2D eigenvalue weighted by molar-refractivity contribution is 5.84. The number of amides is 2. The minimum atomic E-state index is -0.481. The zero-order chi connectivity index (χ0) is 10.3. The standard InChI is InChI=1S/C8H16N2O3/c1-6(11)3-4-7(12)10-5-8(13)9-2/h6,11H,3-5H2,1-2H3,(H,9,13)(H,10,12). The molecule has 0 spiro atoms. The van der Waals surface area contributed by atoms with Gasteiger partial charge in [-0.05, 0) is 13.3 Å². The summed E-state index contributed by atoms with van der Waals surface area (Å²) in [6, 6.07) is 0. The minimum Gasteiger partial charge on any atom is -0.393 e. The maximum absolute atomic E-state index is 11.0. The highest BCUT2D eigenvalue weighted by atomic mass is 16.3. The van der Waals surface area contributed by atoms with E-state index in [1.165, 1.54) is 7.05 Å². The topological polar surface area (TPSA) is 78.4 Å². The number of aliphatic hydroxyl groups excluding tert-OH is 1. The SMILES string of the molecule is CNC(=O)CNC(=O)CCC(C)O. The summed E-state index contributed by atoms with van der Waals surface area (Å²) in [5, 5.41) is 13.7. The molecule has 0 aromatic heterocycles. The second kappa shape index (κ2) is 6.42. The van der Waals surface area contributed by atoms with Crippen molar-refractivity contribution in [1.29, 1.82) is 0 Å². The molecule has 0 aromatic rings. The first-order valence-electron chi connectivity index (χ1n) is 4.21. The van der Waals surface area contributed by atoms with E-state index < -0.39 is 6.10 Å². The number of hydrogen-bond donors (Lipinski definition) is 3. The maximum atomic E-state index is 11.0.